The van der Waals surface area contributed by atoms with Gasteiger partial charge in [-0.15, -0.1) is 5.10 Å². The van der Waals surface area contributed by atoms with E-state index in [1.807, 2.05) is 4.90 Å². The molecule has 0 radical (unpaired) electrons. The molecule has 5 fully saturated rings. The molecule has 0 amide bonds. The number of benzene rings is 1. The van der Waals surface area contributed by atoms with Crippen LogP contribution in [0.2, 0.25) is 0 Å². The van der Waals surface area contributed by atoms with Gasteiger partial charge in [-0.25, -0.2) is 9.18 Å². The smallest absolute Gasteiger partial charge is 0.341 e. The van der Waals surface area contributed by atoms with Crippen molar-refractivity contribution in [2.75, 3.05) is 50.8 Å². The molecule has 15 N–H and O–H groups in total. The van der Waals surface area contributed by atoms with Crippen LogP contribution >= 0.6 is 0 Å². The van der Waals surface area contributed by atoms with Crippen molar-refractivity contribution >= 4 is 22.6 Å². The summed E-state index contributed by atoms with van der Waals surface area (Å²) in [6.07, 6.45) is -12.7. The van der Waals surface area contributed by atoms with E-state index in [4.69, 9.17) is 36.1 Å². The summed E-state index contributed by atoms with van der Waals surface area (Å²) in [5, 5.41) is 95.7. The molecule has 360 valence electrons. The second-order valence-corrected chi connectivity index (χ2v) is 17.6. The van der Waals surface area contributed by atoms with Crippen LogP contribution in [0.4, 0.5) is 10.1 Å². The second-order valence-electron chi connectivity index (χ2n) is 17.6. The summed E-state index contributed by atoms with van der Waals surface area (Å²) < 4.78 is 42.4. The predicted octanol–water partition coefficient (Wildman–Crippen LogP) is -5.56. The highest BCUT2D eigenvalue weighted by molar-refractivity contribution is 5.93. The maximum atomic E-state index is 15.5. The van der Waals surface area contributed by atoms with Gasteiger partial charge in [0.25, 0.3) is 0 Å². The van der Waals surface area contributed by atoms with Crippen LogP contribution in [0.15, 0.2) is 29.3 Å². The molecule has 8 rings (SSSR count). The van der Waals surface area contributed by atoms with E-state index in [9.17, 15) is 50.4 Å². The fourth-order valence-electron chi connectivity index (χ4n) is 9.19. The Kier molecular flexibility index (Phi) is 14.5. The number of nitrogens with two attached hydrogens (primary N) is 3. The van der Waals surface area contributed by atoms with Gasteiger partial charge in [0.1, 0.15) is 72.4 Å². The van der Waals surface area contributed by atoms with Crippen LogP contribution in [0.25, 0.3) is 10.9 Å². The number of ether oxygens (including phenoxy) is 4. The molecule has 1 aromatic carbocycles. The first-order valence-corrected chi connectivity index (χ1v) is 21.8. The Hall–Kier alpha value is -3.87. The van der Waals surface area contributed by atoms with Crippen LogP contribution in [0.5, 0.6) is 0 Å². The molecule has 0 bridgehead atoms. The Bertz CT molecular complexity index is 2190. The van der Waals surface area contributed by atoms with E-state index in [1.165, 1.54) is 6.20 Å². The minimum atomic E-state index is -1.74. The van der Waals surface area contributed by atoms with Crippen LogP contribution in [0.1, 0.15) is 41.4 Å². The molecular formula is C40H59FN10O14. The molecule has 24 nitrogen and oxygen atoms in total. The molecule has 65 heavy (non-hydrogen) atoms. The van der Waals surface area contributed by atoms with Gasteiger partial charge in [-0.05, 0) is 31.4 Å². The molecule has 3 aliphatic heterocycles. The van der Waals surface area contributed by atoms with E-state index in [2.05, 4.69) is 20.5 Å². The molecule has 25 heteroatoms. The lowest BCUT2D eigenvalue weighted by Gasteiger charge is -2.49. The predicted molar refractivity (Wildman–Crippen MR) is 223 cm³/mol. The Morgan fingerprint density at radius 3 is 2.25 bits per heavy atom. The van der Waals surface area contributed by atoms with E-state index in [-0.39, 0.29) is 36.5 Å². The molecular weight excluding hydrogens is 863 g/mol. The van der Waals surface area contributed by atoms with Crippen molar-refractivity contribution in [3.63, 3.8) is 0 Å². The fraction of sp³-hybridized carbons (Fsp3) is 0.700. The van der Waals surface area contributed by atoms with E-state index in [1.54, 1.807) is 21.5 Å². The third-order valence-electron chi connectivity index (χ3n) is 13.2. The number of pyridine rings is 1. The van der Waals surface area contributed by atoms with Gasteiger partial charge in [0, 0.05) is 81.7 Å². The van der Waals surface area contributed by atoms with Gasteiger partial charge in [-0.2, -0.15) is 0 Å². The summed E-state index contributed by atoms with van der Waals surface area (Å²) in [6.45, 7) is 2.52. The summed E-state index contributed by atoms with van der Waals surface area (Å²) in [6, 6.07) is -0.137. The number of piperazine rings is 1. The first-order chi connectivity index (χ1) is 31.1. The first-order valence-electron chi connectivity index (χ1n) is 21.8. The molecule has 5 aliphatic rings. The Balaban J connectivity index is 0.892. The number of nitrogens with one attached hydrogen (secondary N) is 1. The van der Waals surface area contributed by atoms with Gasteiger partial charge in [-0.1, -0.05) is 5.21 Å². The van der Waals surface area contributed by atoms with E-state index >= 15 is 4.39 Å². The zero-order valence-corrected chi connectivity index (χ0v) is 35.4. The van der Waals surface area contributed by atoms with E-state index in [0.717, 1.165) is 18.9 Å². The normalized spacial score (nSPS) is 36.0. The monoisotopic (exact) mass is 922 g/mol. The highest BCUT2D eigenvalue weighted by atomic mass is 19.1. The molecule has 2 aliphatic carbocycles. The Morgan fingerprint density at radius 1 is 0.877 bits per heavy atom. The summed E-state index contributed by atoms with van der Waals surface area (Å²) in [5.41, 5.74) is 18.5. The number of aromatic carboxylic acids is 1. The number of anilines is 1. The average Bonchev–Trinajstić information content (AvgIpc) is 4.04. The highest BCUT2D eigenvalue weighted by Crippen LogP contribution is 2.38. The molecule has 3 saturated heterocycles. The number of aliphatic hydroxyl groups is 7. The number of carboxylic acids is 1. The number of nitrogens with zero attached hydrogens (tertiary/aromatic N) is 6. The quantitative estimate of drug-likeness (QED) is 0.0676. The molecule has 0 spiro atoms. The van der Waals surface area contributed by atoms with Crippen molar-refractivity contribution in [1.29, 1.82) is 0 Å². The number of hydrogen-bond acceptors (Lipinski definition) is 21. The van der Waals surface area contributed by atoms with Gasteiger partial charge in [0.15, 0.2) is 12.6 Å². The third kappa shape index (κ3) is 9.78. The molecule has 0 unspecified atom stereocenters. The molecule has 2 saturated carbocycles. The maximum absolute atomic E-state index is 15.5. The molecule has 3 aromatic rings. The van der Waals surface area contributed by atoms with Crippen molar-refractivity contribution in [1.82, 2.24) is 29.8 Å². The topological polar surface area (TPSA) is 365 Å². The minimum Gasteiger partial charge on any atom is -0.477 e. The van der Waals surface area contributed by atoms with Gasteiger partial charge in [0.05, 0.1) is 36.1 Å². The summed E-state index contributed by atoms with van der Waals surface area (Å²) >= 11 is 0. The van der Waals surface area contributed by atoms with E-state index in [0.29, 0.717) is 56.2 Å². The minimum absolute atomic E-state index is 0.0431. The van der Waals surface area contributed by atoms with Crippen LogP contribution in [-0.4, -0.2) is 209 Å². The van der Waals surface area contributed by atoms with Crippen molar-refractivity contribution in [2.24, 2.45) is 17.2 Å². The number of hydrogen-bond donors (Lipinski definition) is 12. The lowest BCUT2D eigenvalue weighted by atomic mass is 9.83. The number of rotatable bonds is 15. The molecule has 5 heterocycles. The largest absolute Gasteiger partial charge is 0.477 e. The summed E-state index contributed by atoms with van der Waals surface area (Å²) in [7, 11) is 0. The molecule has 15 atom stereocenters. The lowest BCUT2D eigenvalue weighted by molar-refractivity contribution is -0.332. The van der Waals surface area contributed by atoms with Gasteiger partial charge >= 0.3 is 5.97 Å². The second kappa shape index (κ2) is 19.8. The van der Waals surface area contributed by atoms with Crippen LogP contribution in [-0.2, 0) is 32.0 Å². The van der Waals surface area contributed by atoms with Crippen molar-refractivity contribution < 1.29 is 69.0 Å². The SMILES string of the molecule is NC[C@H]1O[C@H](O[C@H]2[C@H](O)[C@@H](O[C@H]3O[C@H](CO)[C@@H](O)[C@H](N)[C@H]3O)[C@H](NCc3cn(CCN4CCN(c5cc6c(cc5F)c(=O)c(C(=O)O)cn6C5CC5)CC4)nn3)C[C@@H]2N)[C@H](O)[C@@H](O)[C@@H]1O. The number of aromatic nitrogens is 4. The van der Waals surface area contributed by atoms with Crippen LogP contribution < -0.4 is 32.8 Å². The number of aliphatic hydroxyl groups excluding tert-OH is 7. The first kappa shape index (κ1) is 47.6. The third-order valence-corrected chi connectivity index (χ3v) is 13.2. The Morgan fingerprint density at radius 2 is 1.57 bits per heavy atom. The fourth-order valence-corrected chi connectivity index (χ4v) is 9.19. The van der Waals surface area contributed by atoms with E-state index < -0.39 is 116 Å². The van der Waals surface area contributed by atoms with Crippen LogP contribution in [0.3, 0.4) is 0 Å². The van der Waals surface area contributed by atoms with Crippen molar-refractivity contribution in [2.45, 2.75) is 130 Å². The zero-order chi connectivity index (χ0) is 46.4. The average molecular weight is 923 g/mol. The molecule has 2 aromatic heterocycles. The lowest BCUT2D eigenvalue weighted by Crippen LogP contribution is -2.69. The van der Waals surface area contributed by atoms with Gasteiger partial charge < -0.3 is 91.8 Å². The number of carboxylic acid groups (broad SMARTS) is 1. The Labute approximate surface area is 370 Å². The highest BCUT2D eigenvalue weighted by Gasteiger charge is 2.52. The van der Waals surface area contributed by atoms with Gasteiger partial charge in [0.2, 0.25) is 5.43 Å². The summed E-state index contributed by atoms with van der Waals surface area (Å²) in [5.74, 6) is -1.94. The van der Waals surface area contributed by atoms with Gasteiger partial charge in [-0.3, -0.25) is 14.4 Å². The zero-order valence-electron chi connectivity index (χ0n) is 35.4. The van der Waals surface area contributed by atoms with Crippen molar-refractivity contribution in [3.8, 4) is 0 Å². The number of halogens is 1. The summed E-state index contributed by atoms with van der Waals surface area (Å²) in [4.78, 5) is 28.8. The standard InChI is InChI=1S/C40H59FN10O14/c41-21-9-19-24(51(18-1-2-18)15-20(29(19)53)38(60)61)11-25(21)49-6-3-48(4-7-49)5-8-50-14-17(46-47-50)13-45-23-10-22(43)36(64-40-34(58)33(57)31(55)26(12-42)62-40)35(59)37(23)65-39-32(56)28(44)30(54)27(16-52)63-39/h9,11,14-15,18,22-23,26-28,30-37,39-40,45,52,54-59H,1-8,10,12-13,16,42-44H2,(H,60,61)/t22-,23+,26+,27+,28-,30+,31+,32+,33-,34+,35-,36+,37-,39+,40+/m0/s1. The number of fused-ring (bicyclic) bond motifs is 1. The van der Waals surface area contributed by atoms with Crippen LogP contribution in [0, 0.1) is 5.82 Å². The maximum Gasteiger partial charge on any atom is 0.341 e. The van der Waals surface area contributed by atoms with Crippen molar-refractivity contribution in [3.05, 3.63) is 51.8 Å². The number of carbonyl (C=O) groups is 1.